The molecule has 0 saturated carbocycles. The van der Waals surface area contributed by atoms with Gasteiger partial charge in [0.05, 0.1) is 37.4 Å². The van der Waals surface area contributed by atoms with E-state index in [1.54, 1.807) is 12.3 Å². The van der Waals surface area contributed by atoms with Crippen molar-refractivity contribution in [1.82, 2.24) is 14.6 Å². The van der Waals surface area contributed by atoms with E-state index in [4.69, 9.17) is 9.47 Å². The van der Waals surface area contributed by atoms with Crippen LogP contribution in [0.25, 0.3) is 5.65 Å². The number of amides is 1. The molecule has 0 spiro atoms. The Morgan fingerprint density at radius 1 is 1.27 bits per heavy atom. The number of fused-ring (bicyclic) bond motifs is 2. The summed E-state index contributed by atoms with van der Waals surface area (Å²) in [7, 11) is 0. The average Bonchev–Trinajstić information content (AvgIpc) is 3.41. The molecule has 0 bridgehead atoms. The number of ether oxygens (including phenoxy) is 2. The lowest BCUT2D eigenvalue weighted by Gasteiger charge is -2.31. The van der Waals surface area contributed by atoms with Gasteiger partial charge in [0, 0.05) is 43.5 Å². The Labute approximate surface area is 185 Å². The molecule has 2 aliphatic rings. The molecule has 1 amide bonds. The second kappa shape index (κ2) is 7.89. The average molecular weight is 463 g/mol. The molecule has 12 heteroatoms. The first-order valence-electron chi connectivity index (χ1n) is 10.3. The predicted octanol–water partition coefficient (Wildman–Crippen LogP) is 2.05. The number of aliphatic hydroxyl groups excluding tert-OH is 1. The van der Waals surface area contributed by atoms with Crippen LogP contribution in [0.2, 0.25) is 0 Å². The number of benzene rings is 1. The molecular formula is C21H20F3N5O4. The topological polar surface area (TPSA) is 101 Å². The van der Waals surface area contributed by atoms with Crippen LogP contribution in [0.1, 0.15) is 15.9 Å². The lowest BCUT2D eigenvalue weighted by atomic mass is 9.96. The van der Waals surface area contributed by atoms with Crippen molar-refractivity contribution in [3.63, 3.8) is 0 Å². The molecule has 1 unspecified atom stereocenters. The number of carbonyl (C=O) groups excluding carboxylic acids is 1. The minimum Gasteiger partial charge on any atom is -0.475 e. The number of nitrogens with one attached hydrogen (secondary N) is 1. The van der Waals surface area contributed by atoms with Crippen LogP contribution < -0.4 is 15.0 Å². The van der Waals surface area contributed by atoms with E-state index in [1.807, 2.05) is 4.90 Å². The van der Waals surface area contributed by atoms with Crippen molar-refractivity contribution < 1.29 is 32.5 Å². The molecule has 174 valence electrons. The summed E-state index contributed by atoms with van der Waals surface area (Å²) < 4.78 is 53.1. The number of aliphatic hydroxyl groups is 1. The van der Waals surface area contributed by atoms with Crippen LogP contribution in [0.15, 0.2) is 36.8 Å². The van der Waals surface area contributed by atoms with Gasteiger partial charge in [-0.1, -0.05) is 0 Å². The Morgan fingerprint density at radius 3 is 2.79 bits per heavy atom. The summed E-state index contributed by atoms with van der Waals surface area (Å²) in [5.74, 6) is -0.472. The highest BCUT2D eigenvalue weighted by Crippen LogP contribution is 2.47. The summed E-state index contributed by atoms with van der Waals surface area (Å²) in [6.07, 6.45) is -0.774. The van der Waals surface area contributed by atoms with Crippen molar-refractivity contribution >= 4 is 22.9 Å². The van der Waals surface area contributed by atoms with E-state index in [0.29, 0.717) is 43.3 Å². The van der Waals surface area contributed by atoms with Crippen LogP contribution >= 0.6 is 0 Å². The third-order valence-corrected chi connectivity index (χ3v) is 5.86. The van der Waals surface area contributed by atoms with Gasteiger partial charge in [0.1, 0.15) is 11.3 Å². The van der Waals surface area contributed by atoms with E-state index < -0.39 is 30.7 Å². The first-order valence-corrected chi connectivity index (χ1v) is 10.3. The molecule has 1 saturated heterocycles. The monoisotopic (exact) mass is 463 g/mol. The van der Waals surface area contributed by atoms with E-state index >= 15 is 0 Å². The number of hydrogen-bond acceptors (Lipinski definition) is 7. The van der Waals surface area contributed by atoms with Gasteiger partial charge in [-0.05, 0) is 12.1 Å². The zero-order chi connectivity index (χ0) is 23.2. The fourth-order valence-electron chi connectivity index (χ4n) is 4.08. The smallest absolute Gasteiger partial charge is 0.430 e. The summed E-state index contributed by atoms with van der Waals surface area (Å²) >= 11 is 0. The number of rotatable bonds is 4. The fourth-order valence-corrected chi connectivity index (χ4v) is 4.08. The van der Waals surface area contributed by atoms with Crippen molar-refractivity contribution in [3.05, 3.63) is 47.9 Å². The zero-order valence-corrected chi connectivity index (χ0v) is 17.3. The first kappa shape index (κ1) is 21.5. The van der Waals surface area contributed by atoms with E-state index in [1.165, 1.54) is 29.0 Å². The van der Waals surface area contributed by atoms with Crippen LogP contribution in [0.4, 0.5) is 24.5 Å². The molecule has 9 nitrogen and oxygen atoms in total. The molecule has 3 aromatic rings. The number of halogens is 3. The highest BCUT2D eigenvalue weighted by molar-refractivity contribution is 6.09. The van der Waals surface area contributed by atoms with Crippen molar-refractivity contribution in [3.8, 4) is 5.75 Å². The first-order chi connectivity index (χ1) is 15.8. The number of carbonyl (C=O) groups is 1. The molecule has 5 rings (SSSR count). The Hall–Kier alpha value is -3.38. The summed E-state index contributed by atoms with van der Waals surface area (Å²) in [5, 5.41) is 16.4. The Bertz CT molecular complexity index is 1210. The molecule has 0 aliphatic carbocycles. The number of nitrogens with zero attached hydrogens (tertiary/aromatic N) is 4. The van der Waals surface area contributed by atoms with Gasteiger partial charge < -0.3 is 24.8 Å². The minimum absolute atomic E-state index is 0.0264. The molecule has 1 atom stereocenters. The lowest BCUT2D eigenvalue weighted by Crippen LogP contribution is -2.52. The summed E-state index contributed by atoms with van der Waals surface area (Å²) in [6.45, 7) is 0.640. The van der Waals surface area contributed by atoms with E-state index in [9.17, 15) is 23.1 Å². The van der Waals surface area contributed by atoms with Crippen LogP contribution in [0, 0.1) is 0 Å². The van der Waals surface area contributed by atoms with Crippen molar-refractivity contribution in [1.29, 1.82) is 0 Å². The van der Waals surface area contributed by atoms with Gasteiger partial charge in [-0.3, -0.25) is 4.79 Å². The molecule has 2 aromatic heterocycles. The second-order valence-electron chi connectivity index (χ2n) is 7.91. The predicted molar refractivity (Wildman–Crippen MR) is 111 cm³/mol. The molecule has 0 radical (unpaired) electrons. The van der Waals surface area contributed by atoms with E-state index in [2.05, 4.69) is 15.4 Å². The van der Waals surface area contributed by atoms with Gasteiger partial charge in [-0.25, -0.2) is 9.50 Å². The number of anilines is 2. The van der Waals surface area contributed by atoms with Gasteiger partial charge in [0.2, 0.25) is 5.60 Å². The molecular weight excluding hydrogens is 443 g/mol. The van der Waals surface area contributed by atoms with Crippen LogP contribution in [0.5, 0.6) is 5.75 Å². The van der Waals surface area contributed by atoms with Crippen molar-refractivity contribution in [2.75, 3.05) is 43.1 Å². The van der Waals surface area contributed by atoms with E-state index in [0.717, 1.165) is 0 Å². The molecule has 33 heavy (non-hydrogen) atoms. The molecule has 4 heterocycles. The van der Waals surface area contributed by atoms with E-state index in [-0.39, 0.29) is 16.9 Å². The molecule has 1 aromatic carbocycles. The van der Waals surface area contributed by atoms with Gasteiger partial charge in [-0.15, -0.1) is 0 Å². The second-order valence-corrected chi connectivity index (χ2v) is 7.91. The summed E-state index contributed by atoms with van der Waals surface area (Å²) in [4.78, 5) is 19.1. The quantitative estimate of drug-likeness (QED) is 0.611. The fraction of sp³-hybridized carbons (Fsp3) is 0.381. The summed E-state index contributed by atoms with van der Waals surface area (Å²) in [6, 6.07) is 4.63. The number of hydrogen-bond donors (Lipinski definition) is 2. The molecule has 1 fully saturated rings. The third kappa shape index (κ3) is 3.64. The maximum atomic E-state index is 13.7. The standard InChI is InChI=1S/C21H20F3N5O4/c22-21(23,24)20(12-30)10-13-8-15(16(9-17(13)33-20)28-4-6-32-7-5-28)27-19(31)14-11-26-29-3-1-2-25-18(14)29/h1-3,8-9,11,30H,4-7,10,12H2,(H,27,31). The summed E-state index contributed by atoms with van der Waals surface area (Å²) in [5.41, 5.74) is -1.07. The Balaban J connectivity index is 1.53. The van der Waals surface area contributed by atoms with Crippen LogP contribution in [-0.2, 0) is 11.2 Å². The zero-order valence-electron chi connectivity index (χ0n) is 17.3. The van der Waals surface area contributed by atoms with Crippen LogP contribution in [0.3, 0.4) is 0 Å². The van der Waals surface area contributed by atoms with Gasteiger partial charge in [-0.2, -0.15) is 18.3 Å². The van der Waals surface area contributed by atoms with Gasteiger partial charge >= 0.3 is 6.18 Å². The highest BCUT2D eigenvalue weighted by Gasteiger charge is 2.60. The number of alkyl halides is 3. The Kier molecular flexibility index (Phi) is 5.13. The number of aromatic nitrogens is 3. The molecule has 2 aliphatic heterocycles. The maximum absolute atomic E-state index is 13.7. The van der Waals surface area contributed by atoms with Crippen LogP contribution in [-0.4, -0.2) is 70.3 Å². The lowest BCUT2D eigenvalue weighted by molar-refractivity contribution is -0.252. The SMILES string of the molecule is O=C(Nc1cc2c(cc1N1CCOCC1)OC(CO)(C(F)(F)F)C2)c1cnn2cccnc12. The normalized spacial score (nSPS) is 20.5. The number of morpholine rings is 1. The van der Waals surface area contributed by atoms with Crippen molar-refractivity contribution in [2.24, 2.45) is 0 Å². The highest BCUT2D eigenvalue weighted by atomic mass is 19.4. The molecule has 2 N–H and O–H groups in total. The minimum atomic E-state index is -4.77. The van der Waals surface area contributed by atoms with Gasteiger partial charge in [0.15, 0.2) is 5.65 Å². The largest absolute Gasteiger partial charge is 0.475 e. The maximum Gasteiger partial charge on any atom is 0.430 e. The third-order valence-electron chi connectivity index (χ3n) is 5.86. The van der Waals surface area contributed by atoms with Gasteiger partial charge in [0.25, 0.3) is 5.91 Å². The van der Waals surface area contributed by atoms with Crippen molar-refractivity contribution in [2.45, 2.75) is 18.2 Å². The Morgan fingerprint density at radius 2 is 2.06 bits per heavy atom.